The van der Waals surface area contributed by atoms with Crippen molar-refractivity contribution in [2.75, 3.05) is 27.2 Å². The Hall–Kier alpha value is -4.52. The molecule has 1 aliphatic heterocycles. The second kappa shape index (κ2) is 25.7. The number of methoxy groups -OCH3 is 1. The van der Waals surface area contributed by atoms with Crippen molar-refractivity contribution < 1.29 is 58.3 Å². The molecule has 0 saturated carbocycles. The normalized spacial score (nSPS) is 18.8. The summed E-state index contributed by atoms with van der Waals surface area (Å²) >= 11 is 0. The van der Waals surface area contributed by atoms with Crippen molar-refractivity contribution in [1.29, 1.82) is 0 Å². The topological polar surface area (TPSA) is 254 Å². The first-order valence-electron chi connectivity index (χ1n) is 22.1. The number of ether oxygens (including phenoxy) is 3. The Bertz CT molecular complexity index is 1640. The molecule has 8 N–H and O–H groups in total. The molecule has 1 fully saturated rings. The van der Waals surface area contributed by atoms with Crippen molar-refractivity contribution in [1.82, 2.24) is 31.5 Å². The van der Waals surface area contributed by atoms with Crippen LogP contribution >= 0.6 is 0 Å². The monoisotopic (exact) mass is 893 g/mol. The third-order valence-corrected chi connectivity index (χ3v) is 11.3. The summed E-state index contributed by atoms with van der Waals surface area (Å²) in [4.78, 5) is 80.9. The van der Waals surface area contributed by atoms with E-state index in [9.17, 15) is 44.1 Å². The minimum atomic E-state index is -1.41. The Morgan fingerprint density at radius 2 is 1.54 bits per heavy atom. The fourth-order valence-corrected chi connectivity index (χ4v) is 7.56. The highest BCUT2D eigenvalue weighted by Gasteiger charge is 2.40. The van der Waals surface area contributed by atoms with E-state index >= 15 is 0 Å². The van der Waals surface area contributed by atoms with Crippen LogP contribution in [-0.2, 0) is 39.9 Å². The van der Waals surface area contributed by atoms with E-state index in [4.69, 9.17) is 14.2 Å². The van der Waals surface area contributed by atoms with Gasteiger partial charge in [0.1, 0.15) is 47.8 Å². The number of nitrogens with zero attached hydrogens (tertiary/aromatic N) is 1. The number of rotatable bonds is 25. The van der Waals surface area contributed by atoms with E-state index in [1.807, 2.05) is 39.8 Å². The standard InChI is InChI=1S/C45H76N6O12/c1-13-27(6)31(35(52)23-36(53)49-37(26(4)5)40(55)48-32(21-25(2)3)41(56)51-20-14-15-34(51)42(57)58)24-47-39(54)38(50-44(60)63-45(8,9)10)28(7)62-43(59)33(46-11)22-29-16-18-30(61-12)19-17-29/h16-19,25-28,31-35,37-38,41,46,52,56H,13-15,20-24H2,1-12H3,(H,47,54)(H,48,55)(H,49,53)(H,50,60)(H,57,58)/t27-,28+,31+,32-,33-,34-,35-,37-,38-,41?/m0/s1. The summed E-state index contributed by atoms with van der Waals surface area (Å²) in [5, 5.41) is 46.3. The van der Waals surface area contributed by atoms with Crippen molar-refractivity contribution >= 4 is 35.8 Å². The Labute approximate surface area is 373 Å². The summed E-state index contributed by atoms with van der Waals surface area (Å²) in [7, 11) is 3.16. The van der Waals surface area contributed by atoms with Gasteiger partial charge < -0.3 is 56.1 Å². The lowest BCUT2D eigenvalue weighted by atomic mass is 9.85. The Balaban J connectivity index is 2.21. The number of carbonyl (C=O) groups excluding carboxylic acids is 5. The summed E-state index contributed by atoms with van der Waals surface area (Å²) < 4.78 is 16.4. The predicted octanol–water partition coefficient (Wildman–Crippen LogP) is 2.72. The van der Waals surface area contributed by atoms with Gasteiger partial charge in [-0.2, -0.15) is 0 Å². The molecule has 63 heavy (non-hydrogen) atoms. The number of hydrogen-bond donors (Lipinski definition) is 8. The molecular weight excluding hydrogens is 817 g/mol. The first kappa shape index (κ1) is 54.6. The van der Waals surface area contributed by atoms with Crippen molar-refractivity contribution in [3.05, 3.63) is 29.8 Å². The summed E-state index contributed by atoms with van der Waals surface area (Å²) in [6.45, 7) is 17.8. The van der Waals surface area contributed by atoms with Crippen molar-refractivity contribution in [2.24, 2.45) is 23.7 Å². The number of aliphatic hydroxyl groups is 2. The molecule has 4 amide bonds. The van der Waals surface area contributed by atoms with Crippen LogP contribution in [0.1, 0.15) is 107 Å². The van der Waals surface area contributed by atoms with Crippen molar-refractivity contribution in [3.8, 4) is 5.75 Å². The molecule has 0 aliphatic carbocycles. The zero-order chi connectivity index (χ0) is 47.8. The minimum Gasteiger partial charge on any atom is -0.497 e. The number of alkyl carbamates (subject to hydrolysis) is 1. The van der Waals surface area contributed by atoms with Gasteiger partial charge in [0.15, 0.2) is 0 Å². The number of carboxylic acids is 1. The molecule has 1 heterocycles. The average molecular weight is 893 g/mol. The van der Waals surface area contributed by atoms with E-state index in [0.29, 0.717) is 38.0 Å². The molecule has 1 unspecified atom stereocenters. The third-order valence-electron chi connectivity index (χ3n) is 11.3. The number of nitrogens with one attached hydrogen (secondary N) is 5. The first-order chi connectivity index (χ1) is 29.4. The van der Waals surface area contributed by atoms with Gasteiger partial charge >= 0.3 is 18.0 Å². The maximum absolute atomic E-state index is 13.9. The number of benzene rings is 1. The van der Waals surface area contributed by atoms with Crippen LogP contribution in [-0.4, -0.2) is 137 Å². The maximum atomic E-state index is 13.9. The molecule has 358 valence electrons. The van der Waals surface area contributed by atoms with Crippen LogP contribution in [0.5, 0.6) is 5.75 Å². The highest BCUT2D eigenvalue weighted by molar-refractivity contribution is 5.88. The van der Waals surface area contributed by atoms with Gasteiger partial charge in [-0.25, -0.2) is 4.79 Å². The van der Waals surface area contributed by atoms with Crippen LogP contribution in [0, 0.1) is 23.7 Å². The molecule has 18 heteroatoms. The second-order valence-electron chi connectivity index (χ2n) is 18.4. The van der Waals surface area contributed by atoms with Crippen LogP contribution in [0.2, 0.25) is 0 Å². The Kier molecular flexibility index (Phi) is 22.3. The van der Waals surface area contributed by atoms with Gasteiger partial charge in [-0.15, -0.1) is 0 Å². The number of aliphatic hydroxyl groups excluding tert-OH is 2. The van der Waals surface area contributed by atoms with Gasteiger partial charge in [0.05, 0.1) is 25.7 Å². The van der Waals surface area contributed by atoms with Gasteiger partial charge in [-0.1, -0.05) is 60.1 Å². The molecule has 1 aromatic rings. The molecule has 1 aliphatic rings. The van der Waals surface area contributed by atoms with E-state index in [1.54, 1.807) is 60.9 Å². The quantitative estimate of drug-likeness (QED) is 0.0658. The lowest BCUT2D eigenvalue weighted by Gasteiger charge is -2.35. The number of aliphatic carboxylic acids is 1. The maximum Gasteiger partial charge on any atom is 0.408 e. The smallest absolute Gasteiger partial charge is 0.408 e. The highest BCUT2D eigenvalue weighted by atomic mass is 16.6. The number of hydrogen-bond acceptors (Lipinski definition) is 13. The number of carbonyl (C=O) groups is 6. The van der Waals surface area contributed by atoms with Crippen LogP contribution in [0.15, 0.2) is 24.3 Å². The summed E-state index contributed by atoms with van der Waals surface area (Å²) in [6, 6.07) is 2.23. The molecule has 2 rings (SSSR count). The number of carboxylic acid groups (broad SMARTS) is 1. The largest absolute Gasteiger partial charge is 0.497 e. The van der Waals surface area contributed by atoms with Gasteiger partial charge in [-0.05, 0) is 95.9 Å². The minimum absolute atomic E-state index is 0.0408. The van der Waals surface area contributed by atoms with Crippen LogP contribution in [0.3, 0.4) is 0 Å². The Morgan fingerprint density at radius 1 is 0.905 bits per heavy atom. The molecule has 1 aromatic carbocycles. The Morgan fingerprint density at radius 3 is 2.06 bits per heavy atom. The van der Waals surface area contributed by atoms with E-state index in [1.165, 1.54) is 11.8 Å². The van der Waals surface area contributed by atoms with E-state index in [2.05, 4.69) is 26.6 Å². The average Bonchev–Trinajstić information content (AvgIpc) is 3.70. The zero-order valence-corrected chi connectivity index (χ0v) is 39.4. The molecular formula is C45H76N6O12. The van der Waals surface area contributed by atoms with Crippen LogP contribution in [0.4, 0.5) is 4.79 Å². The second-order valence-corrected chi connectivity index (χ2v) is 18.4. The zero-order valence-electron chi connectivity index (χ0n) is 39.4. The predicted molar refractivity (Wildman–Crippen MR) is 236 cm³/mol. The van der Waals surface area contributed by atoms with Gasteiger partial charge in [0.2, 0.25) is 17.7 Å². The lowest BCUT2D eigenvalue weighted by Crippen LogP contribution is -2.59. The van der Waals surface area contributed by atoms with Crippen LogP contribution < -0.4 is 31.3 Å². The molecule has 0 aromatic heterocycles. The fourth-order valence-electron chi connectivity index (χ4n) is 7.56. The van der Waals surface area contributed by atoms with Gasteiger partial charge in [0, 0.05) is 19.0 Å². The number of amides is 4. The van der Waals surface area contributed by atoms with Crippen LogP contribution in [0.25, 0.3) is 0 Å². The van der Waals surface area contributed by atoms with Gasteiger partial charge in [0.25, 0.3) is 0 Å². The molecule has 18 nitrogen and oxygen atoms in total. The van der Waals surface area contributed by atoms with E-state index in [0.717, 1.165) is 5.56 Å². The SMILES string of the molecule is CC[C@H](C)[C@@H](CNC(=O)[C@@H](NC(=O)OC(C)(C)C)[C@@H](C)OC(=O)[C@H](Cc1ccc(OC)cc1)NC)[C@@H](O)CC(=O)N[C@H](C(=O)N[C@@H](CC(C)C)C(O)N1CCC[C@H]1C(=O)O)C(C)C. The van der Waals surface area contributed by atoms with Crippen molar-refractivity contribution in [3.63, 3.8) is 0 Å². The number of esters is 1. The molecule has 10 atom stereocenters. The first-order valence-corrected chi connectivity index (χ1v) is 22.1. The lowest BCUT2D eigenvalue weighted by molar-refractivity contribution is -0.153. The molecule has 1 saturated heterocycles. The third kappa shape index (κ3) is 17.9. The van der Waals surface area contributed by atoms with Crippen molar-refractivity contribution in [2.45, 2.75) is 162 Å². The highest BCUT2D eigenvalue weighted by Crippen LogP contribution is 2.24. The van der Waals surface area contributed by atoms with E-state index < -0.39 is 108 Å². The van der Waals surface area contributed by atoms with E-state index in [-0.39, 0.29) is 24.8 Å². The fraction of sp³-hybridized carbons (Fsp3) is 0.733. The molecule has 0 bridgehead atoms. The summed E-state index contributed by atoms with van der Waals surface area (Å²) in [5.74, 6) is -4.19. The molecule has 0 radical (unpaired) electrons. The number of likely N-dealkylation sites (tertiary alicyclic amines) is 1. The van der Waals surface area contributed by atoms with Gasteiger partial charge in [-0.3, -0.25) is 28.9 Å². The number of likely N-dealkylation sites (N-methyl/N-ethyl adjacent to an activating group) is 1. The summed E-state index contributed by atoms with van der Waals surface area (Å²) in [6.07, 6.45) is -2.89. The molecule has 0 spiro atoms. The summed E-state index contributed by atoms with van der Waals surface area (Å²) in [5.41, 5.74) is -0.0779.